The molecule has 0 unspecified atom stereocenters. The van der Waals surface area contributed by atoms with Gasteiger partial charge in [0.15, 0.2) is 5.65 Å². The third-order valence-corrected chi connectivity index (χ3v) is 3.31. The van der Waals surface area contributed by atoms with Gasteiger partial charge < -0.3 is 4.98 Å². The predicted octanol–water partition coefficient (Wildman–Crippen LogP) is 2.28. The van der Waals surface area contributed by atoms with Gasteiger partial charge in [-0.1, -0.05) is 12.1 Å². The number of non-ortho nitro benzene ring substituents is 1. The van der Waals surface area contributed by atoms with Crippen LogP contribution < -0.4 is 5.56 Å². The number of nitrogens with zero attached hydrogens (tertiary/aromatic N) is 4. The maximum Gasteiger partial charge on any atom is 0.270 e. The largest absolute Gasteiger partial charge is 0.312 e. The summed E-state index contributed by atoms with van der Waals surface area (Å²) in [5.74, 6) is 0. The molecule has 22 heavy (non-hydrogen) atoms. The van der Waals surface area contributed by atoms with Crippen LogP contribution in [0.4, 0.5) is 5.69 Å². The molecule has 0 aliphatic carbocycles. The van der Waals surface area contributed by atoms with Crippen molar-refractivity contribution in [3.8, 4) is 11.3 Å². The minimum atomic E-state index is -0.479. The second kappa shape index (κ2) is 5.06. The molecule has 0 bridgehead atoms. The summed E-state index contributed by atoms with van der Waals surface area (Å²) in [6, 6.07) is 6.06. The topological polar surface area (TPSA) is 107 Å². The van der Waals surface area contributed by atoms with Gasteiger partial charge in [-0.3, -0.25) is 14.9 Å². The van der Waals surface area contributed by atoms with Gasteiger partial charge in [-0.15, -0.1) is 0 Å². The molecule has 0 atom stereocenters. The zero-order chi connectivity index (χ0) is 15.9. The van der Waals surface area contributed by atoms with E-state index in [-0.39, 0.29) is 17.3 Å². The second-order valence-corrected chi connectivity index (χ2v) is 5.12. The molecule has 0 spiro atoms. The van der Waals surface area contributed by atoms with Gasteiger partial charge in [0.1, 0.15) is 11.1 Å². The van der Waals surface area contributed by atoms with E-state index in [9.17, 15) is 14.9 Å². The summed E-state index contributed by atoms with van der Waals surface area (Å²) >= 11 is 0. The molecule has 8 nitrogen and oxygen atoms in total. The maximum absolute atomic E-state index is 12.1. The third-order valence-electron chi connectivity index (χ3n) is 3.31. The molecule has 0 radical (unpaired) electrons. The molecule has 0 fully saturated rings. The van der Waals surface area contributed by atoms with Crippen LogP contribution in [0.2, 0.25) is 0 Å². The molecular formula is C14H13N5O3. The molecule has 8 heteroatoms. The fraction of sp³-hybridized carbons (Fsp3) is 0.214. The Kier molecular flexibility index (Phi) is 3.21. The number of H-pyrrole nitrogens is 1. The average molecular weight is 299 g/mol. The van der Waals surface area contributed by atoms with E-state index in [1.807, 2.05) is 13.8 Å². The molecule has 0 amide bonds. The zero-order valence-corrected chi connectivity index (χ0v) is 12.0. The Bertz CT molecular complexity index is 926. The fourth-order valence-electron chi connectivity index (χ4n) is 2.31. The second-order valence-electron chi connectivity index (χ2n) is 5.12. The lowest BCUT2D eigenvalue weighted by Crippen LogP contribution is -2.08. The van der Waals surface area contributed by atoms with E-state index in [0.717, 1.165) is 0 Å². The van der Waals surface area contributed by atoms with Crippen molar-refractivity contribution in [1.29, 1.82) is 0 Å². The van der Waals surface area contributed by atoms with Crippen LogP contribution in [0.5, 0.6) is 0 Å². The van der Waals surface area contributed by atoms with Crippen LogP contribution in [0, 0.1) is 10.1 Å². The van der Waals surface area contributed by atoms with Gasteiger partial charge in [0.25, 0.3) is 11.2 Å². The number of nitro benzene ring substituents is 1. The Hall–Kier alpha value is -3.03. The first-order valence-electron chi connectivity index (χ1n) is 6.69. The van der Waals surface area contributed by atoms with Gasteiger partial charge >= 0.3 is 0 Å². The van der Waals surface area contributed by atoms with Crippen molar-refractivity contribution < 1.29 is 4.92 Å². The highest BCUT2D eigenvalue weighted by molar-refractivity contribution is 5.90. The standard InChI is InChI=1S/C14H13N5O3/c1-8(2)18-13-11(14(20)16-7-15-13)12(17-18)9-4-3-5-10(6-9)19(21)22/h3-8H,1-2H3,(H,15,16,20). The molecule has 0 aliphatic heterocycles. The number of nitro groups is 1. The molecule has 0 saturated carbocycles. The summed E-state index contributed by atoms with van der Waals surface area (Å²) < 4.78 is 1.64. The summed E-state index contributed by atoms with van der Waals surface area (Å²) in [5, 5.41) is 15.7. The van der Waals surface area contributed by atoms with E-state index in [4.69, 9.17) is 0 Å². The quantitative estimate of drug-likeness (QED) is 0.589. The van der Waals surface area contributed by atoms with E-state index in [1.165, 1.54) is 18.5 Å². The molecule has 3 rings (SSSR count). The number of aromatic nitrogens is 4. The molecule has 1 N–H and O–H groups in total. The minimum Gasteiger partial charge on any atom is -0.312 e. The highest BCUT2D eigenvalue weighted by Gasteiger charge is 2.19. The summed E-state index contributed by atoms with van der Waals surface area (Å²) in [4.78, 5) is 29.3. The highest BCUT2D eigenvalue weighted by atomic mass is 16.6. The van der Waals surface area contributed by atoms with E-state index >= 15 is 0 Å². The van der Waals surface area contributed by atoms with Gasteiger partial charge in [0, 0.05) is 23.7 Å². The predicted molar refractivity (Wildman–Crippen MR) is 80.6 cm³/mol. The molecule has 1 aromatic carbocycles. The molecule has 3 aromatic rings. The van der Waals surface area contributed by atoms with Crippen molar-refractivity contribution in [3.05, 3.63) is 51.1 Å². The lowest BCUT2D eigenvalue weighted by molar-refractivity contribution is -0.384. The number of nitrogens with one attached hydrogen (secondary N) is 1. The number of aromatic amines is 1. The summed E-state index contributed by atoms with van der Waals surface area (Å²) in [6.45, 7) is 3.85. The van der Waals surface area contributed by atoms with Crippen molar-refractivity contribution in [2.75, 3.05) is 0 Å². The number of hydrogen-bond acceptors (Lipinski definition) is 5. The van der Waals surface area contributed by atoms with Crippen LogP contribution in [-0.4, -0.2) is 24.7 Å². The van der Waals surface area contributed by atoms with E-state index in [1.54, 1.807) is 16.8 Å². The Labute approximate surface area is 124 Å². The number of rotatable bonds is 3. The van der Waals surface area contributed by atoms with E-state index in [0.29, 0.717) is 22.3 Å². The first kappa shape index (κ1) is 13.9. The Morgan fingerprint density at radius 3 is 2.82 bits per heavy atom. The lowest BCUT2D eigenvalue weighted by atomic mass is 10.1. The van der Waals surface area contributed by atoms with Crippen molar-refractivity contribution in [2.45, 2.75) is 19.9 Å². The normalized spacial score (nSPS) is 11.2. The molecule has 0 aliphatic rings. The van der Waals surface area contributed by atoms with Crippen molar-refractivity contribution in [2.24, 2.45) is 0 Å². The maximum atomic E-state index is 12.1. The number of fused-ring (bicyclic) bond motifs is 1. The van der Waals surface area contributed by atoms with Crippen LogP contribution in [0.25, 0.3) is 22.3 Å². The lowest BCUT2D eigenvalue weighted by Gasteiger charge is -2.05. The van der Waals surface area contributed by atoms with Crippen LogP contribution in [0.15, 0.2) is 35.4 Å². The molecule has 112 valence electrons. The highest BCUT2D eigenvalue weighted by Crippen LogP contribution is 2.28. The summed E-state index contributed by atoms with van der Waals surface area (Å²) in [5.41, 5.74) is 0.988. The zero-order valence-electron chi connectivity index (χ0n) is 12.0. The van der Waals surface area contributed by atoms with Crippen LogP contribution in [0.1, 0.15) is 19.9 Å². The summed E-state index contributed by atoms with van der Waals surface area (Å²) in [6.07, 6.45) is 1.32. The molecule has 2 heterocycles. The Morgan fingerprint density at radius 2 is 2.14 bits per heavy atom. The van der Waals surface area contributed by atoms with Crippen molar-refractivity contribution in [1.82, 2.24) is 19.7 Å². The smallest absolute Gasteiger partial charge is 0.270 e. The molecular weight excluding hydrogens is 286 g/mol. The Balaban J connectivity index is 2.34. The van der Waals surface area contributed by atoms with Crippen LogP contribution in [0.3, 0.4) is 0 Å². The van der Waals surface area contributed by atoms with Gasteiger partial charge in [0.05, 0.1) is 11.3 Å². The van der Waals surface area contributed by atoms with Gasteiger partial charge in [-0.25, -0.2) is 9.67 Å². The molecule has 0 saturated heterocycles. The van der Waals surface area contributed by atoms with Gasteiger partial charge in [0.2, 0.25) is 0 Å². The third kappa shape index (κ3) is 2.14. The number of benzene rings is 1. The van der Waals surface area contributed by atoms with Crippen molar-refractivity contribution >= 4 is 16.7 Å². The summed E-state index contributed by atoms with van der Waals surface area (Å²) in [7, 11) is 0. The first-order valence-corrected chi connectivity index (χ1v) is 6.69. The average Bonchev–Trinajstić information content (AvgIpc) is 2.88. The molecule has 2 aromatic heterocycles. The van der Waals surface area contributed by atoms with E-state index in [2.05, 4.69) is 15.1 Å². The van der Waals surface area contributed by atoms with Gasteiger partial charge in [-0.05, 0) is 13.8 Å². The van der Waals surface area contributed by atoms with Crippen molar-refractivity contribution in [3.63, 3.8) is 0 Å². The van der Waals surface area contributed by atoms with E-state index < -0.39 is 4.92 Å². The monoisotopic (exact) mass is 299 g/mol. The minimum absolute atomic E-state index is 0.00393. The van der Waals surface area contributed by atoms with Gasteiger partial charge in [-0.2, -0.15) is 5.10 Å². The van der Waals surface area contributed by atoms with Crippen LogP contribution in [-0.2, 0) is 0 Å². The fourth-order valence-corrected chi connectivity index (χ4v) is 2.31. The Morgan fingerprint density at radius 1 is 1.36 bits per heavy atom. The van der Waals surface area contributed by atoms with Crippen LogP contribution >= 0.6 is 0 Å². The number of hydrogen-bond donors (Lipinski definition) is 1. The first-order chi connectivity index (χ1) is 10.5. The SMILES string of the molecule is CC(C)n1nc(-c2cccc([N+](=O)[O-])c2)c2c(=O)[nH]cnc21.